The molecule has 2 aromatic rings. The van der Waals surface area contributed by atoms with Crippen LogP contribution in [0, 0.1) is 5.92 Å². The molecule has 26 heavy (non-hydrogen) atoms. The number of benzene rings is 2. The van der Waals surface area contributed by atoms with E-state index in [1.54, 1.807) is 24.3 Å². The topological polar surface area (TPSA) is 61.4 Å². The molecule has 1 unspecified atom stereocenters. The summed E-state index contributed by atoms with van der Waals surface area (Å²) in [5.74, 6) is 0.0720. The fourth-order valence-electron chi connectivity index (χ4n) is 3.52. The minimum atomic E-state index is 0. The van der Waals surface area contributed by atoms with Crippen molar-refractivity contribution >= 4 is 35.6 Å². The minimum Gasteiger partial charge on any atom is -0.326 e. The van der Waals surface area contributed by atoms with Crippen LogP contribution in [0.5, 0.6) is 0 Å². The Bertz CT molecular complexity index is 801. The van der Waals surface area contributed by atoms with Crippen LogP contribution in [0.15, 0.2) is 48.5 Å². The predicted octanol–water partition coefficient (Wildman–Crippen LogP) is 2.86. The van der Waals surface area contributed by atoms with Crippen molar-refractivity contribution in [2.45, 2.75) is 12.8 Å². The van der Waals surface area contributed by atoms with Crippen LogP contribution in [-0.4, -0.2) is 31.4 Å². The first kappa shape index (κ1) is 18.4. The van der Waals surface area contributed by atoms with E-state index in [1.165, 1.54) is 5.56 Å². The third-order valence-electron chi connectivity index (χ3n) is 4.96. The zero-order valence-corrected chi connectivity index (χ0v) is 15.2. The van der Waals surface area contributed by atoms with Gasteiger partial charge in [-0.3, -0.25) is 9.59 Å². The second-order valence-corrected chi connectivity index (χ2v) is 6.59. The fourth-order valence-corrected chi connectivity index (χ4v) is 3.52. The van der Waals surface area contributed by atoms with Crippen LogP contribution >= 0.6 is 12.4 Å². The number of para-hydroxylation sites is 1. The smallest absolute Gasteiger partial charge is 0.258 e. The highest BCUT2D eigenvalue weighted by atomic mass is 35.5. The summed E-state index contributed by atoms with van der Waals surface area (Å²) in [6.45, 7) is 2.34. The van der Waals surface area contributed by atoms with Crippen LogP contribution in [0.25, 0.3) is 0 Å². The van der Waals surface area contributed by atoms with Crippen molar-refractivity contribution in [3.63, 3.8) is 0 Å². The van der Waals surface area contributed by atoms with E-state index in [0.717, 1.165) is 37.3 Å². The van der Waals surface area contributed by atoms with Crippen molar-refractivity contribution in [1.82, 2.24) is 5.32 Å². The number of fused-ring (bicyclic) bond motifs is 1. The lowest BCUT2D eigenvalue weighted by Gasteiger charge is -2.17. The second-order valence-electron chi connectivity index (χ2n) is 6.59. The maximum atomic E-state index is 12.8. The van der Waals surface area contributed by atoms with Crippen LogP contribution in [0.2, 0.25) is 0 Å². The van der Waals surface area contributed by atoms with Crippen molar-refractivity contribution in [3.05, 3.63) is 59.7 Å². The van der Waals surface area contributed by atoms with Gasteiger partial charge in [0.05, 0.1) is 5.92 Å². The Hall–Kier alpha value is -2.37. The molecule has 0 saturated carbocycles. The van der Waals surface area contributed by atoms with E-state index in [9.17, 15) is 9.59 Å². The maximum Gasteiger partial charge on any atom is 0.258 e. The van der Waals surface area contributed by atoms with Gasteiger partial charge in [0.25, 0.3) is 5.91 Å². The molecular formula is C20H22ClN3O2. The SMILES string of the molecule is Cl.O=C(Nc1ccc(C(=O)N2CCc3ccccc32)cc1)C1CCNC1. The first-order valence-corrected chi connectivity index (χ1v) is 8.74. The van der Waals surface area contributed by atoms with Crippen LogP contribution in [0.4, 0.5) is 11.4 Å². The molecule has 2 aliphatic rings. The Kier molecular flexibility index (Phi) is 5.59. The van der Waals surface area contributed by atoms with Gasteiger partial charge in [-0.1, -0.05) is 18.2 Å². The van der Waals surface area contributed by atoms with E-state index in [0.29, 0.717) is 12.1 Å². The van der Waals surface area contributed by atoms with E-state index >= 15 is 0 Å². The molecule has 6 heteroatoms. The molecule has 0 spiro atoms. The zero-order chi connectivity index (χ0) is 17.2. The van der Waals surface area contributed by atoms with Gasteiger partial charge in [-0.25, -0.2) is 0 Å². The van der Waals surface area contributed by atoms with Crippen molar-refractivity contribution in [1.29, 1.82) is 0 Å². The highest BCUT2D eigenvalue weighted by Crippen LogP contribution is 2.29. The number of carbonyl (C=O) groups excluding carboxylic acids is 2. The van der Waals surface area contributed by atoms with Crippen molar-refractivity contribution in [2.75, 3.05) is 29.9 Å². The number of nitrogens with zero attached hydrogens (tertiary/aromatic N) is 1. The molecular weight excluding hydrogens is 350 g/mol. The highest BCUT2D eigenvalue weighted by molar-refractivity contribution is 6.07. The van der Waals surface area contributed by atoms with Crippen LogP contribution in [0.1, 0.15) is 22.3 Å². The fraction of sp³-hybridized carbons (Fsp3) is 0.300. The normalized spacial score (nSPS) is 18.2. The van der Waals surface area contributed by atoms with E-state index in [-0.39, 0.29) is 30.1 Å². The molecule has 5 nitrogen and oxygen atoms in total. The predicted molar refractivity (Wildman–Crippen MR) is 105 cm³/mol. The van der Waals surface area contributed by atoms with E-state index in [2.05, 4.69) is 16.7 Å². The molecule has 2 aliphatic heterocycles. The Morgan fingerprint density at radius 1 is 1.08 bits per heavy atom. The number of hydrogen-bond donors (Lipinski definition) is 2. The number of anilines is 2. The molecule has 0 bridgehead atoms. The second kappa shape index (κ2) is 7.89. The summed E-state index contributed by atoms with van der Waals surface area (Å²) in [5.41, 5.74) is 3.58. The molecule has 1 atom stereocenters. The molecule has 136 valence electrons. The Morgan fingerprint density at radius 3 is 2.58 bits per heavy atom. The van der Waals surface area contributed by atoms with Crippen LogP contribution in [0.3, 0.4) is 0 Å². The lowest BCUT2D eigenvalue weighted by Crippen LogP contribution is -2.29. The van der Waals surface area contributed by atoms with Gasteiger partial charge in [0.2, 0.25) is 5.91 Å². The van der Waals surface area contributed by atoms with Gasteiger partial charge < -0.3 is 15.5 Å². The lowest BCUT2D eigenvalue weighted by molar-refractivity contribution is -0.119. The van der Waals surface area contributed by atoms with Gasteiger partial charge in [0.1, 0.15) is 0 Å². The molecule has 2 heterocycles. The van der Waals surface area contributed by atoms with E-state index < -0.39 is 0 Å². The number of nitrogens with one attached hydrogen (secondary N) is 2. The Labute approximate surface area is 159 Å². The van der Waals surface area contributed by atoms with E-state index in [1.807, 2.05) is 23.1 Å². The standard InChI is InChI=1S/C20H21N3O2.ClH/c24-19(16-9-11-21-13-16)22-17-7-5-15(6-8-17)20(25)23-12-10-14-3-1-2-4-18(14)23;/h1-8,16,21H,9-13H2,(H,22,24);1H. The molecule has 0 aromatic heterocycles. The van der Waals surface area contributed by atoms with Gasteiger partial charge >= 0.3 is 0 Å². The summed E-state index contributed by atoms with van der Waals surface area (Å²) in [6, 6.07) is 15.2. The number of hydrogen-bond acceptors (Lipinski definition) is 3. The molecule has 2 amide bonds. The summed E-state index contributed by atoms with van der Waals surface area (Å²) < 4.78 is 0. The molecule has 2 N–H and O–H groups in total. The average Bonchev–Trinajstić information content (AvgIpc) is 3.32. The lowest BCUT2D eigenvalue weighted by atomic mass is 10.1. The summed E-state index contributed by atoms with van der Waals surface area (Å²) in [5, 5.41) is 6.12. The summed E-state index contributed by atoms with van der Waals surface area (Å²) >= 11 is 0. The first-order chi connectivity index (χ1) is 12.2. The third-order valence-corrected chi connectivity index (χ3v) is 4.96. The quantitative estimate of drug-likeness (QED) is 0.872. The summed E-state index contributed by atoms with van der Waals surface area (Å²) in [4.78, 5) is 26.8. The van der Waals surface area contributed by atoms with Gasteiger partial charge in [0.15, 0.2) is 0 Å². The molecule has 4 rings (SSSR count). The number of halogens is 1. The van der Waals surface area contributed by atoms with Crippen molar-refractivity contribution < 1.29 is 9.59 Å². The molecule has 1 fully saturated rings. The Morgan fingerprint density at radius 2 is 1.85 bits per heavy atom. The maximum absolute atomic E-state index is 12.8. The van der Waals surface area contributed by atoms with Gasteiger partial charge in [-0.2, -0.15) is 0 Å². The summed E-state index contributed by atoms with van der Waals surface area (Å²) in [7, 11) is 0. The highest BCUT2D eigenvalue weighted by Gasteiger charge is 2.25. The van der Waals surface area contributed by atoms with Crippen LogP contribution < -0.4 is 15.5 Å². The molecule has 1 saturated heterocycles. The third kappa shape index (κ3) is 3.59. The van der Waals surface area contributed by atoms with Gasteiger partial charge in [-0.05, 0) is 55.3 Å². The van der Waals surface area contributed by atoms with Gasteiger partial charge in [-0.15, -0.1) is 12.4 Å². The van der Waals surface area contributed by atoms with Crippen LogP contribution in [-0.2, 0) is 11.2 Å². The number of rotatable bonds is 3. The monoisotopic (exact) mass is 371 g/mol. The van der Waals surface area contributed by atoms with Crippen molar-refractivity contribution in [2.24, 2.45) is 5.92 Å². The molecule has 0 aliphatic carbocycles. The first-order valence-electron chi connectivity index (χ1n) is 8.74. The molecule has 0 radical (unpaired) electrons. The largest absolute Gasteiger partial charge is 0.326 e. The Balaban J connectivity index is 0.00000196. The zero-order valence-electron chi connectivity index (χ0n) is 14.4. The number of amides is 2. The van der Waals surface area contributed by atoms with Crippen molar-refractivity contribution in [3.8, 4) is 0 Å². The van der Waals surface area contributed by atoms with Gasteiger partial charge in [0, 0.05) is 30.0 Å². The van der Waals surface area contributed by atoms with E-state index in [4.69, 9.17) is 0 Å². The molecule has 2 aromatic carbocycles. The number of carbonyl (C=O) groups is 2. The summed E-state index contributed by atoms with van der Waals surface area (Å²) in [6.07, 6.45) is 1.77. The average molecular weight is 372 g/mol. The minimum absolute atomic E-state index is 0.